The van der Waals surface area contributed by atoms with E-state index in [1.807, 2.05) is 32.9 Å². The van der Waals surface area contributed by atoms with Crippen LogP contribution < -0.4 is 0 Å². The van der Waals surface area contributed by atoms with Crippen molar-refractivity contribution < 1.29 is 9.90 Å². The zero-order valence-electron chi connectivity index (χ0n) is 11.2. The molecule has 98 valence electrons. The minimum Gasteiger partial charge on any atom is -0.478 e. The van der Waals surface area contributed by atoms with Crippen LogP contribution in [0.2, 0.25) is 0 Å². The Morgan fingerprint density at radius 2 is 1.95 bits per heavy atom. The van der Waals surface area contributed by atoms with Crippen molar-refractivity contribution in [2.45, 2.75) is 26.7 Å². The largest absolute Gasteiger partial charge is 0.478 e. The summed E-state index contributed by atoms with van der Waals surface area (Å²) in [6, 6.07) is 6.97. The Hall–Kier alpha value is -2.23. The molecule has 0 bridgehead atoms. The predicted molar refractivity (Wildman–Crippen MR) is 73.3 cm³/mol. The van der Waals surface area contributed by atoms with E-state index in [4.69, 9.17) is 5.11 Å². The van der Waals surface area contributed by atoms with Crippen LogP contribution in [0.25, 0.3) is 11.4 Å². The zero-order valence-corrected chi connectivity index (χ0v) is 11.2. The lowest BCUT2D eigenvalue weighted by molar-refractivity contribution is 0.0696. The van der Waals surface area contributed by atoms with Crippen LogP contribution in [0.1, 0.15) is 41.4 Å². The highest BCUT2D eigenvalue weighted by Gasteiger charge is 2.12. The molecule has 0 spiro atoms. The number of aryl methyl sites for hydroxylation is 1. The molecule has 1 N–H and O–H groups in total. The minimum atomic E-state index is -0.947. The predicted octanol–water partition coefficient (Wildman–Crippen LogP) is 3.27. The van der Waals surface area contributed by atoms with E-state index in [1.54, 1.807) is 18.3 Å². The fraction of sp³-hybridized carbons (Fsp3) is 0.267. The summed E-state index contributed by atoms with van der Waals surface area (Å²) in [6.45, 7) is 5.93. The van der Waals surface area contributed by atoms with Gasteiger partial charge in [-0.25, -0.2) is 4.79 Å². The second-order valence-corrected chi connectivity index (χ2v) is 4.85. The second-order valence-electron chi connectivity index (χ2n) is 4.85. The van der Waals surface area contributed by atoms with Gasteiger partial charge in [-0.15, -0.1) is 0 Å². The van der Waals surface area contributed by atoms with Crippen LogP contribution in [0.4, 0.5) is 0 Å². The highest BCUT2D eigenvalue weighted by Crippen LogP contribution is 2.21. The van der Waals surface area contributed by atoms with Gasteiger partial charge < -0.3 is 5.11 Å². The van der Waals surface area contributed by atoms with Crippen molar-refractivity contribution in [1.29, 1.82) is 0 Å². The van der Waals surface area contributed by atoms with E-state index >= 15 is 0 Å². The lowest BCUT2D eigenvalue weighted by Crippen LogP contribution is -2.03. The van der Waals surface area contributed by atoms with Gasteiger partial charge in [-0.3, -0.25) is 9.97 Å². The fourth-order valence-electron chi connectivity index (χ4n) is 1.72. The first kappa shape index (κ1) is 13.2. The van der Waals surface area contributed by atoms with Gasteiger partial charge in [-0.2, -0.15) is 0 Å². The second kappa shape index (κ2) is 5.18. The maximum Gasteiger partial charge on any atom is 0.335 e. The molecule has 0 amide bonds. The third kappa shape index (κ3) is 2.96. The molecular weight excluding hydrogens is 240 g/mol. The smallest absolute Gasteiger partial charge is 0.335 e. The summed E-state index contributed by atoms with van der Waals surface area (Å²) in [6.07, 6.45) is 1.75. The lowest BCUT2D eigenvalue weighted by Gasteiger charge is -2.09. The Morgan fingerprint density at radius 3 is 2.47 bits per heavy atom. The van der Waals surface area contributed by atoms with Crippen LogP contribution in [0.5, 0.6) is 0 Å². The number of nitrogens with zero attached hydrogens (tertiary/aromatic N) is 2. The van der Waals surface area contributed by atoms with E-state index in [0.717, 1.165) is 11.3 Å². The van der Waals surface area contributed by atoms with Crippen molar-refractivity contribution in [2.75, 3.05) is 0 Å². The standard InChI is InChI=1S/C15H16N2O2/c1-9(2)13-6-11(15(18)19)7-14(17-13)12-5-4-10(3)8-16-12/h4-9H,1-3H3,(H,18,19). The summed E-state index contributed by atoms with van der Waals surface area (Å²) < 4.78 is 0. The number of carboxylic acids is 1. The van der Waals surface area contributed by atoms with E-state index in [1.165, 1.54) is 0 Å². The molecule has 0 unspecified atom stereocenters. The molecule has 2 heterocycles. The van der Waals surface area contributed by atoms with Crippen LogP contribution >= 0.6 is 0 Å². The molecule has 2 aromatic heterocycles. The van der Waals surface area contributed by atoms with Gasteiger partial charge in [0.1, 0.15) is 0 Å². The van der Waals surface area contributed by atoms with Crippen LogP contribution in [0, 0.1) is 6.92 Å². The number of rotatable bonds is 3. The average Bonchev–Trinajstić information content (AvgIpc) is 2.39. The number of carboxylic acid groups (broad SMARTS) is 1. The number of hydrogen-bond acceptors (Lipinski definition) is 3. The van der Waals surface area contributed by atoms with Gasteiger partial charge in [0, 0.05) is 11.9 Å². The topological polar surface area (TPSA) is 63.1 Å². The summed E-state index contributed by atoms with van der Waals surface area (Å²) >= 11 is 0. The highest BCUT2D eigenvalue weighted by molar-refractivity contribution is 5.89. The van der Waals surface area contributed by atoms with Crippen molar-refractivity contribution in [1.82, 2.24) is 9.97 Å². The monoisotopic (exact) mass is 256 g/mol. The Balaban J connectivity index is 2.55. The van der Waals surface area contributed by atoms with Gasteiger partial charge in [0.15, 0.2) is 0 Å². The summed E-state index contributed by atoms with van der Waals surface area (Å²) in [5, 5.41) is 9.16. The maximum absolute atomic E-state index is 11.2. The number of aromatic carboxylic acids is 1. The average molecular weight is 256 g/mol. The van der Waals surface area contributed by atoms with Gasteiger partial charge in [0.2, 0.25) is 0 Å². The summed E-state index contributed by atoms with van der Waals surface area (Å²) in [5.41, 5.74) is 3.36. The molecular formula is C15H16N2O2. The highest BCUT2D eigenvalue weighted by atomic mass is 16.4. The van der Waals surface area contributed by atoms with E-state index in [2.05, 4.69) is 9.97 Å². The normalized spacial score (nSPS) is 10.7. The molecule has 0 saturated carbocycles. The van der Waals surface area contributed by atoms with Crippen molar-refractivity contribution in [3.63, 3.8) is 0 Å². The fourth-order valence-corrected chi connectivity index (χ4v) is 1.72. The van der Waals surface area contributed by atoms with Gasteiger partial charge >= 0.3 is 5.97 Å². The molecule has 2 rings (SSSR count). The minimum absolute atomic E-state index is 0.170. The Labute approximate surface area is 112 Å². The van der Waals surface area contributed by atoms with E-state index in [9.17, 15) is 4.79 Å². The molecule has 4 heteroatoms. The maximum atomic E-state index is 11.2. The molecule has 19 heavy (non-hydrogen) atoms. The van der Waals surface area contributed by atoms with Gasteiger partial charge in [-0.05, 0) is 36.6 Å². The first-order valence-corrected chi connectivity index (χ1v) is 6.15. The number of hydrogen-bond donors (Lipinski definition) is 1. The van der Waals surface area contributed by atoms with E-state index < -0.39 is 5.97 Å². The molecule has 0 aliphatic carbocycles. The Bertz CT molecular complexity index is 604. The molecule has 2 aromatic rings. The van der Waals surface area contributed by atoms with Crippen molar-refractivity contribution in [3.8, 4) is 11.4 Å². The Kier molecular flexibility index (Phi) is 3.60. The van der Waals surface area contributed by atoms with Crippen LogP contribution in [0.3, 0.4) is 0 Å². The SMILES string of the molecule is Cc1ccc(-c2cc(C(=O)O)cc(C(C)C)n2)nc1. The number of pyridine rings is 2. The van der Waals surface area contributed by atoms with Crippen LogP contribution in [-0.2, 0) is 0 Å². The quantitative estimate of drug-likeness (QED) is 0.915. The van der Waals surface area contributed by atoms with Crippen molar-refractivity contribution in [2.24, 2.45) is 0 Å². The van der Waals surface area contributed by atoms with Crippen LogP contribution in [-0.4, -0.2) is 21.0 Å². The van der Waals surface area contributed by atoms with Crippen LogP contribution in [0.15, 0.2) is 30.5 Å². The summed E-state index contributed by atoms with van der Waals surface area (Å²) in [7, 11) is 0. The van der Waals surface area contributed by atoms with Gasteiger partial charge in [-0.1, -0.05) is 19.9 Å². The molecule has 0 atom stereocenters. The molecule has 4 nitrogen and oxygen atoms in total. The molecule has 0 aromatic carbocycles. The molecule has 0 radical (unpaired) electrons. The summed E-state index contributed by atoms with van der Waals surface area (Å²) in [4.78, 5) is 19.9. The van der Waals surface area contributed by atoms with E-state index in [0.29, 0.717) is 11.4 Å². The first-order chi connectivity index (χ1) is 8.97. The molecule has 0 fully saturated rings. The Morgan fingerprint density at radius 1 is 1.21 bits per heavy atom. The third-order valence-corrected chi connectivity index (χ3v) is 2.86. The number of carbonyl (C=O) groups is 1. The third-order valence-electron chi connectivity index (χ3n) is 2.86. The zero-order chi connectivity index (χ0) is 14.0. The number of aromatic nitrogens is 2. The summed E-state index contributed by atoms with van der Waals surface area (Å²) in [5.74, 6) is -0.777. The van der Waals surface area contributed by atoms with Crippen molar-refractivity contribution >= 4 is 5.97 Å². The van der Waals surface area contributed by atoms with E-state index in [-0.39, 0.29) is 11.5 Å². The molecule has 0 saturated heterocycles. The first-order valence-electron chi connectivity index (χ1n) is 6.15. The molecule has 0 aliphatic heterocycles. The van der Waals surface area contributed by atoms with Gasteiger partial charge in [0.25, 0.3) is 0 Å². The lowest BCUT2D eigenvalue weighted by atomic mass is 10.1. The van der Waals surface area contributed by atoms with Gasteiger partial charge in [0.05, 0.1) is 17.0 Å². The molecule has 0 aliphatic rings. The van der Waals surface area contributed by atoms with Crippen molar-refractivity contribution in [3.05, 3.63) is 47.3 Å².